The van der Waals surface area contributed by atoms with E-state index in [4.69, 9.17) is 9.16 Å². The van der Waals surface area contributed by atoms with E-state index in [1.54, 1.807) is 0 Å². The van der Waals surface area contributed by atoms with Crippen molar-refractivity contribution < 1.29 is 17.9 Å². The Morgan fingerprint density at radius 1 is 0.846 bits per heavy atom. The molecule has 0 unspecified atom stereocenters. The molecule has 0 saturated carbocycles. The van der Waals surface area contributed by atoms with Gasteiger partial charge in [-0.2, -0.15) is 0 Å². The molecule has 0 saturated heterocycles. The molecule has 0 amide bonds. The van der Waals surface area contributed by atoms with Gasteiger partial charge in [-0.3, -0.25) is 0 Å². The van der Waals surface area contributed by atoms with Crippen molar-refractivity contribution in [1.82, 2.24) is 0 Å². The van der Waals surface area contributed by atoms with Crippen molar-refractivity contribution in [3.05, 3.63) is 94.6 Å². The number of ether oxygens (including phenoxy) is 1. The quantitative estimate of drug-likeness (QED) is 0.167. The van der Waals surface area contributed by atoms with E-state index in [1.165, 1.54) is 12.1 Å². The highest BCUT2D eigenvalue weighted by Crippen LogP contribution is 2.50. The second-order valence-electron chi connectivity index (χ2n) is 11.7. The third-order valence-electron chi connectivity index (χ3n) is 8.52. The molecule has 2 atom stereocenters. The minimum Gasteiger partial charge on any atom is -0.543 e. The summed E-state index contributed by atoms with van der Waals surface area (Å²) in [7, 11) is -2.13. The van der Waals surface area contributed by atoms with Crippen LogP contribution in [0.5, 0.6) is 11.5 Å². The van der Waals surface area contributed by atoms with Gasteiger partial charge in [0.15, 0.2) is 0 Å². The van der Waals surface area contributed by atoms with Crippen LogP contribution in [0.1, 0.15) is 82.1 Å². The standard InChI is InChI=1S/C33H41BrF2O2Si/c1-21(2)39(22(3)4,23(5)6)38-26-13-15-29-25(18-26)12-14-28(24-10-8-7-9-11-24)32(29)33-30(35)19-27(20-31(33)36)37-17-16-34/h7-11,13,15,18-23,28,32H,12,14,16-17H2,1-6H3/t28-,32+/m0/s1. The maximum Gasteiger partial charge on any atom is 0.258 e. The van der Waals surface area contributed by atoms with E-state index in [1.807, 2.05) is 24.3 Å². The van der Waals surface area contributed by atoms with E-state index in [0.29, 0.717) is 28.6 Å². The summed E-state index contributed by atoms with van der Waals surface area (Å²) >= 11 is 3.30. The Hall–Kier alpha value is -2.18. The zero-order chi connectivity index (χ0) is 28.3. The molecule has 0 aromatic heterocycles. The lowest BCUT2D eigenvalue weighted by Crippen LogP contribution is -2.50. The molecule has 6 heteroatoms. The summed E-state index contributed by atoms with van der Waals surface area (Å²) in [6.45, 7) is 14.0. The van der Waals surface area contributed by atoms with Crippen LogP contribution in [0.25, 0.3) is 0 Å². The van der Waals surface area contributed by atoms with Gasteiger partial charge in [-0.15, -0.1) is 0 Å². The third-order valence-corrected chi connectivity index (χ3v) is 14.8. The van der Waals surface area contributed by atoms with E-state index >= 15 is 8.78 Å². The van der Waals surface area contributed by atoms with Crippen molar-refractivity contribution >= 4 is 24.2 Å². The van der Waals surface area contributed by atoms with Gasteiger partial charge in [0, 0.05) is 28.9 Å². The van der Waals surface area contributed by atoms with Crippen LogP contribution in [0, 0.1) is 11.6 Å². The fraction of sp³-hybridized carbons (Fsp3) is 0.455. The molecule has 39 heavy (non-hydrogen) atoms. The Bertz CT molecular complexity index is 1220. The molecule has 0 spiro atoms. The zero-order valence-corrected chi connectivity index (χ0v) is 26.5. The second-order valence-corrected chi connectivity index (χ2v) is 17.8. The maximum atomic E-state index is 15.7. The molecule has 3 aromatic rings. The molecule has 0 aliphatic heterocycles. The normalized spacial score (nSPS) is 17.5. The minimum atomic E-state index is -2.13. The first-order valence-electron chi connectivity index (χ1n) is 14.1. The molecule has 210 valence electrons. The summed E-state index contributed by atoms with van der Waals surface area (Å²) in [6, 6.07) is 19.0. The van der Waals surface area contributed by atoms with Crippen molar-refractivity contribution in [2.45, 2.75) is 82.8 Å². The van der Waals surface area contributed by atoms with E-state index in [-0.39, 0.29) is 17.2 Å². The van der Waals surface area contributed by atoms with Crippen LogP contribution in [0.3, 0.4) is 0 Å². The van der Waals surface area contributed by atoms with Gasteiger partial charge in [0.2, 0.25) is 0 Å². The molecule has 0 bridgehead atoms. The van der Waals surface area contributed by atoms with Crippen molar-refractivity contribution in [3.8, 4) is 11.5 Å². The number of halogens is 3. The molecule has 2 nitrogen and oxygen atoms in total. The van der Waals surface area contributed by atoms with Crippen molar-refractivity contribution in [2.24, 2.45) is 0 Å². The number of benzene rings is 3. The third kappa shape index (κ3) is 5.97. The number of fused-ring (bicyclic) bond motifs is 1. The van der Waals surface area contributed by atoms with Gasteiger partial charge in [-0.1, -0.05) is 93.9 Å². The van der Waals surface area contributed by atoms with Crippen LogP contribution in [-0.4, -0.2) is 20.3 Å². The predicted molar refractivity (Wildman–Crippen MR) is 163 cm³/mol. The van der Waals surface area contributed by atoms with E-state index in [9.17, 15) is 0 Å². The Balaban J connectivity index is 1.81. The summed E-state index contributed by atoms with van der Waals surface area (Å²) in [4.78, 5) is 0. The molecule has 4 rings (SSSR count). The fourth-order valence-electron chi connectivity index (χ4n) is 6.93. The minimum absolute atomic E-state index is 0.0424. The average Bonchev–Trinajstić information content (AvgIpc) is 2.90. The zero-order valence-electron chi connectivity index (χ0n) is 23.9. The first kappa shape index (κ1) is 29.8. The van der Waals surface area contributed by atoms with Gasteiger partial charge >= 0.3 is 0 Å². The smallest absolute Gasteiger partial charge is 0.258 e. The van der Waals surface area contributed by atoms with Crippen LogP contribution in [0.4, 0.5) is 8.78 Å². The average molecular weight is 616 g/mol. The predicted octanol–water partition coefficient (Wildman–Crippen LogP) is 10.2. The number of hydrogen-bond acceptors (Lipinski definition) is 2. The number of hydrogen-bond donors (Lipinski definition) is 0. The van der Waals surface area contributed by atoms with Crippen molar-refractivity contribution in [2.75, 3.05) is 11.9 Å². The van der Waals surface area contributed by atoms with Gasteiger partial charge < -0.3 is 9.16 Å². The lowest BCUT2D eigenvalue weighted by Gasteiger charge is -2.42. The number of rotatable bonds is 10. The summed E-state index contributed by atoms with van der Waals surface area (Å²) in [5, 5.41) is 0.586. The van der Waals surface area contributed by atoms with Crippen LogP contribution in [0.2, 0.25) is 16.6 Å². The van der Waals surface area contributed by atoms with Crippen LogP contribution >= 0.6 is 15.9 Å². The van der Waals surface area contributed by atoms with Crippen molar-refractivity contribution in [3.63, 3.8) is 0 Å². The van der Waals surface area contributed by atoms with Gasteiger partial charge in [0.1, 0.15) is 23.1 Å². The number of aryl methyl sites for hydroxylation is 1. The SMILES string of the molecule is CC(C)[Si](Oc1ccc2c(c1)CC[C@@H](c1ccccc1)[C@H]2c1c(F)cc(OCCBr)cc1F)(C(C)C)C(C)C. The highest BCUT2D eigenvalue weighted by molar-refractivity contribution is 9.09. The Morgan fingerprint density at radius 2 is 1.46 bits per heavy atom. The van der Waals surface area contributed by atoms with Gasteiger partial charge in [-0.25, -0.2) is 8.78 Å². The molecule has 3 aromatic carbocycles. The van der Waals surface area contributed by atoms with E-state index in [0.717, 1.165) is 35.3 Å². The molecule has 1 aliphatic rings. The van der Waals surface area contributed by atoms with Crippen molar-refractivity contribution in [1.29, 1.82) is 0 Å². The molecule has 0 N–H and O–H groups in total. The first-order chi connectivity index (χ1) is 18.6. The Labute approximate surface area is 242 Å². The summed E-state index contributed by atoms with van der Waals surface area (Å²) in [5.74, 6) is -0.527. The van der Waals surface area contributed by atoms with E-state index < -0.39 is 25.9 Å². The van der Waals surface area contributed by atoms with Gasteiger partial charge in [-0.05, 0) is 64.2 Å². The summed E-state index contributed by atoms with van der Waals surface area (Å²) in [5.41, 5.74) is 4.66. The van der Waals surface area contributed by atoms with Gasteiger partial charge in [0.25, 0.3) is 8.32 Å². The lowest BCUT2D eigenvalue weighted by atomic mass is 9.69. The summed E-state index contributed by atoms with van der Waals surface area (Å²) in [6.07, 6.45) is 1.63. The molecule has 0 fully saturated rings. The Kier molecular flexibility index (Phi) is 9.59. The maximum absolute atomic E-state index is 15.7. The summed E-state index contributed by atoms with van der Waals surface area (Å²) < 4.78 is 43.9. The van der Waals surface area contributed by atoms with E-state index in [2.05, 4.69) is 81.7 Å². The Morgan fingerprint density at radius 3 is 2.03 bits per heavy atom. The highest BCUT2D eigenvalue weighted by Gasteiger charge is 2.47. The molecule has 0 heterocycles. The molecule has 1 aliphatic carbocycles. The highest BCUT2D eigenvalue weighted by atomic mass is 79.9. The van der Waals surface area contributed by atoms with Gasteiger partial charge in [0.05, 0.1) is 6.61 Å². The van der Waals surface area contributed by atoms with Crippen LogP contribution in [-0.2, 0) is 6.42 Å². The second kappa shape index (κ2) is 12.6. The topological polar surface area (TPSA) is 18.5 Å². The molecular formula is C33H41BrF2O2Si. The lowest BCUT2D eigenvalue weighted by molar-refractivity contribution is 0.339. The monoisotopic (exact) mass is 614 g/mol. The number of alkyl halides is 1. The fourth-order valence-corrected chi connectivity index (χ4v) is 12.3. The largest absolute Gasteiger partial charge is 0.543 e. The van der Waals surface area contributed by atoms with Crippen LogP contribution in [0.15, 0.2) is 60.7 Å². The molecular weight excluding hydrogens is 574 g/mol. The molecule has 0 radical (unpaired) electrons. The van der Waals surface area contributed by atoms with Crippen LogP contribution < -0.4 is 9.16 Å². The first-order valence-corrected chi connectivity index (χ1v) is 17.4.